The summed E-state index contributed by atoms with van der Waals surface area (Å²) in [4.78, 5) is 15.9. The molecule has 0 saturated carbocycles. The van der Waals surface area contributed by atoms with Gasteiger partial charge in [0.15, 0.2) is 11.0 Å². The van der Waals surface area contributed by atoms with Gasteiger partial charge in [-0.25, -0.2) is 0 Å². The molecular formula is C19H19ClN4O2S2. The number of ether oxygens (including phenoxy) is 1. The number of aromatic nitrogens is 3. The van der Waals surface area contributed by atoms with Crippen molar-refractivity contribution in [1.82, 2.24) is 19.7 Å². The predicted molar refractivity (Wildman–Crippen MR) is 111 cm³/mol. The van der Waals surface area contributed by atoms with Gasteiger partial charge < -0.3 is 14.2 Å². The normalized spacial score (nSPS) is 13.4. The molecule has 1 aliphatic rings. The van der Waals surface area contributed by atoms with Crippen molar-refractivity contribution in [1.29, 1.82) is 0 Å². The summed E-state index contributed by atoms with van der Waals surface area (Å²) < 4.78 is 7.57. The fourth-order valence-electron chi connectivity index (χ4n) is 2.98. The zero-order chi connectivity index (χ0) is 19.5. The first kappa shape index (κ1) is 19.3. The number of halogens is 1. The lowest BCUT2D eigenvalue weighted by molar-refractivity contribution is -0.129. The maximum Gasteiger partial charge on any atom is 0.233 e. The number of carbonyl (C=O) groups excluding carboxylic acids is 1. The van der Waals surface area contributed by atoms with Crippen LogP contribution in [0.5, 0.6) is 5.75 Å². The smallest absolute Gasteiger partial charge is 0.233 e. The van der Waals surface area contributed by atoms with Crippen LogP contribution in [-0.4, -0.2) is 37.9 Å². The maximum atomic E-state index is 12.6. The maximum absolute atomic E-state index is 12.6. The Labute approximate surface area is 176 Å². The van der Waals surface area contributed by atoms with Crippen LogP contribution in [0.3, 0.4) is 0 Å². The van der Waals surface area contributed by atoms with Gasteiger partial charge in [-0.2, -0.15) is 0 Å². The van der Waals surface area contributed by atoms with Crippen LogP contribution in [0.2, 0.25) is 5.02 Å². The molecule has 0 saturated heterocycles. The van der Waals surface area contributed by atoms with Crippen LogP contribution in [0.25, 0.3) is 0 Å². The van der Waals surface area contributed by atoms with Gasteiger partial charge in [0.2, 0.25) is 5.91 Å². The summed E-state index contributed by atoms with van der Waals surface area (Å²) in [5.74, 6) is 1.75. The molecule has 0 N–H and O–H groups in total. The van der Waals surface area contributed by atoms with Crippen molar-refractivity contribution in [3.63, 3.8) is 0 Å². The van der Waals surface area contributed by atoms with Crippen LogP contribution in [-0.2, 0) is 31.4 Å². The number of hydrogen-bond acceptors (Lipinski definition) is 6. The molecule has 3 aromatic rings. The minimum absolute atomic E-state index is 0.124. The summed E-state index contributed by atoms with van der Waals surface area (Å²) in [6, 6.07) is 9.42. The van der Waals surface area contributed by atoms with Crippen molar-refractivity contribution < 1.29 is 9.53 Å². The molecule has 0 fully saturated rings. The number of rotatable bonds is 6. The molecule has 1 aliphatic heterocycles. The molecule has 0 atom stereocenters. The van der Waals surface area contributed by atoms with Gasteiger partial charge in [-0.1, -0.05) is 35.5 Å². The molecule has 0 spiro atoms. The van der Waals surface area contributed by atoms with Gasteiger partial charge in [-0.05, 0) is 35.6 Å². The Bertz CT molecular complexity index is 988. The van der Waals surface area contributed by atoms with E-state index >= 15 is 0 Å². The van der Waals surface area contributed by atoms with E-state index < -0.39 is 0 Å². The number of para-hydroxylation sites is 1. The Hall–Kier alpha value is -2.03. The zero-order valence-electron chi connectivity index (χ0n) is 15.3. The van der Waals surface area contributed by atoms with Crippen molar-refractivity contribution in [2.45, 2.75) is 24.7 Å². The molecule has 146 valence electrons. The number of amides is 1. The molecule has 4 rings (SSSR count). The van der Waals surface area contributed by atoms with Gasteiger partial charge in [-0.3, -0.25) is 4.79 Å². The highest BCUT2D eigenvalue weighted by Gasteiger charge is 2.22. The standard InChI is InChI=1S/C19H19ClN4O2S2/c1-23-17(11-26-15-5-3-2-4-14(15)20)21-22-19(23)28-12-18(25)24-8-6-16-13(10-24)7-9-27-16/h2-5,7,9H,6,8,10-12H2,1H3. The van der Waals surface area contributed by atoms with E-state index in [9.17, 15) is 4.79 Å². The van der Waals surface area contributed by atoms with Gasteiger partial charge in [0.1, 0.15) is 12.4 Å². The Balaban J connectivity index is 1.32. The molecule has 2 aromatic heterocycles. The van der Waals surface area contributed by atoms with E-state index in [-0.39, 0.29) is 12.5 Å². The largest absolute Gasteiger partial charge is 0.484 e. The first-order valence-electron chi connectivity index (χ1n) is 8.83. The lowest BCUT2D eigenvalue weighted by atomic mass is 10.1. The Morgan fingerprint density at radius 2 is 2.18 bits per heavy atom. The first-order valence-corrected chi connectivity index (χ1v) is 11.1. The van der Waals surface area contributed by atoms with E-state index in [1.165, 1.54) is 22.2 Å². The molecule has 6 nitrogen and oxygen atoms in total. The Kier molecular flexibility index (Phi) is 5.89. The minimum Gasteiger partial charge on any atom is -0.484 e. The fourth-order valence-corrected chi connectivity index (χ4v) is 4.89. The van der Waals surface area contributed by atoms with E-state index in [2.05, 4.69) is 21.6 Å². The van der Waals surface area contributed by atoms with Gasteiger partial charge in [0.25, 0.3) is 0 Å². The topological polar surface area (TPSA) is 60.2 Å². The van der Waals surface area contributed by atoms with Crippen LogP contribution in [0, 0.1) is 0 Å². The van der Waals surface area contributed by atoms with E-state index in [4.69, 9.17) is 16.3 Å². The minimum atomic E-state index is 0.124. The van der Waals surface area contributed by atoms with Crippen LogP contribution >= 0.6 is 34.7 Å². The second-order valence-electron chi connectivity index (χ2n) is 6.40. The summed E-state index contributed by atoms with van der Waals surface area (Å²) in [7, 11) is 1.87. The van der Waals surface area contributed by atoms with E-state index in [1.807, 2.05) is 34.7 Å². The SMILES string of the molecule is Cn1c(COc2ccccc2Cl)nnc1SCC(=O)N1CCc2sccc2C1. The van der Waals surface area contributed by atoms with Gasteiger partial charge in [-0.15, -0.1) is 21.5 Å². The van der Waals surface area contributed by atoms with Gasteiger partial charge in [0.05, 0.1) is 10.8 Å². The molecular weight excluding hydrogens is 416 g/mol. The molecule has 9 heteroatoms. The van der Waals surface area contributed by atoms with Crippen molar-refractivity contribution in [3.05, 3.63) is 57.0 Å². The molecule has 0 aliphatic carbocycles. The third kappa shape index (κ3) is 4.19. The van der Waals surface area contributed by atoms with Gasteiger partial charge >= 0.3 is 0 Å². The summed E-state index contributed by atoms with van der Waals surface area (Å²) in [6.07, 6.45) is 0.941. The summed E-state index contributed by atoms with van der Waals surface area (Å²) in [5.41, 5.74) is 1.27. The lowest BCUT2D eigenvalue weighted by Crippen LogP contribution is -2.36. The van der Waals surface area contributed by atoms with Crippen LogP contribution in [0.1, 0.15) is 16.3 Å². The zero-order valence-corrected chi connectivity index (χ0v) is 17.7. The van der Waals surface area contributed by atoms with Crippen molar-refractivity contribution >= 4 is 40.6 Å². The number of thiophene rings is 1. The van der Waals surface area contributed by atoms with Crippen LogP contribution in [0.15, 0.2) is 40.9 Å². The molecule has 1 amide bonds. The third-order valence-corrected chi connectivity index (χ3v) is 6.94. The molecule has 0 radical (unpaired) electrons. The predicted octanol–water partition coefficient (Wildman–Crippen LogP) is 3.79. The van der Waals surface area contributed by atoms with Crippen LogP contribution in [0.4, 0.5) is 0 Å². The number of nitrogens with zero attached hydrogens (tertiary/aromatic N) is 4. The van der Waals surface area contributed by atoms with Crippen molar-refractivity contribution in [2.75, 3.05) is 12.3 Å². The molecule has 0 unspecified atom stereocenters. The number of thioether (sulfide) groups is 1. The molecule has 0 bridgehead atoms. The Morgan fingerprint density at radius 3 is 3.04 bits per heavy atom. The number of benzene rings is 1. The quantitative estimate of drug-likeness (QED) is 0.552. The highest BCUT2D eigenvalue weighted by molar-refractivity contribution is 7.99. The average Bonchev–Trinajstić information content (AvgIpc) is 3.31. The highest BCUT2D eigenvalue weighted by Crippen LogP contribution is 2.26. The first-order chi connectivity index (χ1) is 13.6. The van der Waals surface area contributed by atoms with Crippen LogP contribution < -0.4 is 4.74 Å². The third-order valence-electron chi connectivity index (χ3n) is 4.60. The summed E-state index contributed by atoms with van der Waals surface area (Å²) >= 11 is 9.27. The second-order valence-corrected chi connectivity index (χ2v) is 8.75. The molecule has 1 aromatic carbocycles. The molecule has 3 heterocycles. The summed E-state index contributed by atoms with van der Waals surface area (Å²) in [5, 5.41) is 11.7. The highest BCUT2D eigenvalue weighted by atomic mass is 35.5. The van der Waals surface area contributed by atoms with Crippen molar-refractivity contribution in [2.24, 2.45) is 7.05 Å². The van der Waals surface area contributed by atoms with Crippen molar-refractivity contribution in [3.8, 4) is 5.75 Å². The van der Waals surface area contributed by atoms with E-state index in [0.717, 1.165) is 13.0 Å². The second kappa shape index (κ2) is 8.55. The Morgan fingerprint density at radius 1 is 1.32 bits per heavy atom. The van der Waals surface area contributed by atoms with Gasteiger partial charge in [0, 0.05) is 25.0 Å². The van der Waals surface area contributed by atoms with E-state index in [1.54, 1.807) is 17.4 Å². The molecule has 28 heavy (non-hydrogen) atoms. The lowest BCUT2D eigenvalue weighted by Gasteiger charge is -2.26. The average molecular weight is 435 g/mol. The number of fused-ring (bicyclic) bond motifs is 1. The number of hydrogen-bond donors (Lipinski definition) is 0. The monoisotopic (exact) mass is 434 g/mol. The fraction of sp³-hybridized carbons (Fsp3) is 0.316. The summed E-state index contributed by atoms with van der Waals surface area (Å²) in [6.45, 7) is 1.74. The van der Waals surface area contributed by atoms with E-state index in [0.29, 0.717) is 34.1 Å². The number of carbonyl (C=O) groups is 1.